The van der Waals surface area contributed by atoms with Crippen LogP contribution in [0.15, 0.2) is 24.8 Å². The Bertz CT molecular complexity index is 423. The molecule has 0 radical (unpaired) electrons. The van der Waals surface area contributed by atoms with Crippen LogP contribution in [-0.4, -0.2) is 17.1 Å². The second-order valence-corrected chi connectivity index (χ2v) is 3.69. The van der Waals surface area contributed by atoms with E-state index >= 15 is 0 Å². The fourth-order valence-electron chi connectivity index (χ4n) is 1.39. The Kier molecular flexibility index (Phi) is 4.20. The summed E-state index contributed by atoms with van der Waals surface area (Å²) in [5.74, 6) is -3.20. The van der Waals surface area contributed by atoms with E-state index in [4.69, 9.17) is 5.11 Å². The van der Waals surface area contributed by atoms with Gasteiger partial charge in [0.1, 0.15) is 17.3 Å². The summed E-state index contributed by atoms with van der Waals surface area (Å²) in [6, 6.07) is 1.38. The molecule has 0 amide bonds. The van der Waals surface area contributed by atoms with Gasteiger partial charge in [0.2, 0.25) is 0 Å². The molecule has 1 atom stereocenters. The lowest BCUT2D eigenvalue weighted by Crippen LogP contribution is -2.16. The van der Waals surface area contributed by atoms with Crippen LogP contribution in [0.1, 0.15) is 23.7 Å². The van der Waals surface area contributed by atoms with Crippen molar-refractivity contribution in [2.45, 2.75) is 19.4 Å². The Morgan fingerprint density at radius 1 is 1.53 bits per heavy atom. The highest BCUT2D eigenvalue weighted by Gasteiger charge is 2.15. The van der Waals surface area contributed by atoms with Crippen molar-refractivity contribution in [2.24, 2.45) is 0 Å². The van der Waals surface area contributed by atoms with Gasteiger partial charge in [0.15, 0.2) is 0 Å². The first-order valence-corrected chi connectivity index (χ1v) is 5.05. The molecule has 0 saturated carbocycles. The molecule has 0 fully saturated rings. The van der Waals surface area contributed by atoms with Gasteiger partial charge >= 0.3 is 5.97 Å². The molecule has 0 aromatic heterocycles. The number of nitrogens with one attached hydrogen (secondary N) is 1. The summed E-state index contributed by atoms with van der Waals surface area (Å²) < 4.78 is 27.0. The molecular weight excluding hydrogens is 228 g/mol. The Balaban J connectivity index is 3.01. The highest BCUT2D eigenvalue weighted by atomic mass is 19.1. The van der Waals surface area contributed by atoms with E-state index < -0.39 is 23.2 Å². The lowest BCUT2D eigenvalue weighted by Gasteiger charge is -2.15. The number of anilines is 1. The number of benzene rings is 1. The Morgan fingerprint density at radius 3 is 2.47 bits per heavy atom. The molecule has 0 aliphatic carbocycles. The van der Waals surface area contributed by atoms with Gasteiger partial charge in [-0.1, -0.05) is 6.08 Å². The maximum atomic E-state index is 13.5. The average molecular weight is 241 g/mol. The first-order valence-electron chi connectivity index (χ1n) is 5.05. The third-order valence-corrected chi connectivity index (χ3v) is 2.20. The van der Waals surface area contributed by atoms with Crippen molar-refractivity contribution in [2.75, 3.05) is 5.32 Å². The van der Waals surface area contributed by atoms with E-state index in [1.54, 1.807) is 13.0 Å². The average Bonchev–Trinajstić information content (AvgIpc) is 2.23. The number of hydrogen-bond donors (Lipinski definition) is 2. The zero-order valence-corrected chi connectivity index (χ0v) is 9.34. The SMILES string of the molecule is C=CCC(C)Nc1c(F)cc(C(=O)O)cc1F. The fourth-order valence-corrected chi connectivity index (χ4v) is 1.39. The molecule has 0 aliphatic rings. The van der Waals surface area contributed by atoms with E-state index in [1.807, 2.05) is 0 Å². The van der Waals surface area contributed by atoms with Crippen molar-refractivity contribution in [1.29, 1.82) is 0 Å². The predicted octanol–water partition coefficient (Wildman–Crippen LogP) is 3.04. The van der Waals surface area contributed by atoms with Gasteiger partial charge in [0, 0.05) is 6.04 Å². The molecule has 1 aromatic carbocycles. The van der Waals surface area contributed by atoms with Crippen molar-refractivity contribution < 1.29 is 18.7 Å². The molecule has 1 rings (SSSR count). The zero-order chi connectivity index (χ0) is 13.0. The predicted molar refractivity (Wildman–Crippen MR) is 61.2 cm³/mol. The number of carboxylic acids is 1. The molecule has 0 bridgehead atoms. The fraction of sp³-hybridized carbons (Fsp3) is 0.250. The monoisotopic (exact) mass is 241 g/mol. The van der Waals surface area contributed by atoms with Crippen LogP contribution in [0.3, 0.4) is 0 Å². The van der Waals surface area contributed by atoms with Crippen LogP contribution in [0.5, 0.6) is 0 Å². The summed E-state index contributed by atoms with van der Waals surface area (Å²) >= 11 is 0. The van der Waals surface area contributed by atoms with E-state index in [0.717, 1.165) is 12.1 Å². The van der Waals surface area contributed by atoms with Gasteiger partial charge in [0.05, 0.1) is 5.56 Å². The van der Waals surface area contributed by atoms with Gasteiger partial charge in [-0.2, -0.15) is 0 Å². The number of halogens is 2. The molecule has 5 heteroatoms. The van der Waals surface area contributed by atoms with Gasteiger partial charge in [-0.25, -0.2) is 13.6 Å². The van der Waals surface area contributed by atoms with Crippen molar-refractivity contribution in [3.8, 4) is 0 Å². The molecule has 2 N–H and O–H groups in total. The van der Waals surface area contributed by atoms with E-state index in [1.165, 1.54) is 0 Å². The summed E-state index contributed by atoms with van der Waals surface area (Å²) in [6.07, 6.45) is 2.17. The second-order valence-electron chi connectivity index (χ2n) is 3.69. The molecular formula is C12H13F2NO2. The van der Waals surface area contributed by atoms with Crippen LogP contribution in [0.4, 0.5) is 14.5 Å². The largest absolute Gasteiger partial charge is 0.478 e. The number of rotatable bonds is 5. The molecule has 0 spiro atoms. The van der Waals surface area contributed by atoms with Crippen LogP contribution in [0, 0.1) is 11.6 Å². The highest BCUT2D eigenvalue weighted by Crippen LogP contribution is 2.22. The molecule has 1 aromatic rings. The topological polar surface area (TPSA) is 49.3 Å². The summed E-state index contributed by atoms with van der Waals surface area (Å²) in [7, 11) is 0. The first-order chi connectivity index (χ1) is 7.95. The third kappa shape index (κ3) is 3.27. The maximum absolute atomic E-state index is 13.5. The maximum Gasteiger partial charge on any atom is 0.335 e. The lowest BCUT2D eigenvalue weighted by atomic mass is 10.1. The van der Waals surface area contributed by atoms with Crippen LogP contribution in [0.2, 0.25) is 0 Å². The molecule has 0 heterocycles. The molecule has 0 saturated heterocycles. The zero-order valence-electron chi connectivity index (χ0n) is 9.34. The van der Waals surface area contributed by atoms with E-state index in [-0.39, 0.29) is 11.7 Å². The molecule has 92 valence electrons. The van der Waals surface area contributed by atoms with Crippen LogP contribution >= 0.6 is 0 Å². The Hall–Kier alpha value is -1.91. The highest BCUT2D eigenvalue weighted by molar-refractivity contribution is 5.88. The van der Waals surface area contributed by atoms with Gasteiger partial charge < -0.3 is 10.4 Å². The Labute approximate surface area is 97.8 Å². The summed E-state index contributed by atoms with van der Waals surface area (Å²) in [6.45, 7) is 5.26. The van der Waals surface area contributed by atoms with Crippen molar-refractivity contribution >= 4 is 11.7 Å². The van der Waals surface area contributed by atoms with E-state index in [0.29, 0.717) is 6.42 Å². The molecule has 0 aliphatic heterocycles. The van der Waals surface area contributed by atoms with Gasteiger partial charge in [-0.15, -0.1) is 6.58 Å². The molecule has 17 heavy (non-hydrogen) atoms. The van der Waals surface area contributed by atoms with Crippen molar-refractivity contribution in [3.05, 3.63) is 42.0 Å². The van der Waals surface area contributed by atoms with Gasteiger partial charge in [-0.3, -0.25) is 0 Å². The van der Waals surface area contributed by atoms with E-state index in [9.17, 15) is 13.6 Å². The normalized spacial score (nSPS) is 11.9. The van der Waals surface area contributed by atoms with Crippen molar-refractivity contribution in [3.63, 3.8) is 0 Å². The van der Waals surface area contributed by atoms with Crippen molar-refractivity contribution in [1.82, 2.24) is 0 Å². The summed E-state index contributed by atoms with van der Waals surface area (Å²) in [4.78, 5) is 10.6. The molecule has 3 nitrogen and oxygen atoms in total. The number of hydrogen-bond acceptors (Lipinski definition) is 2. The Morgan fingerprint density at radius 2 is 2.06 bits per heavy atom. The third-order valence-electron chi connectivity index (χ3n) is 2.20. The number of aromatic carboxylic acids is 1. The first kappa shape index (κ1) is 13.2. The van der Waals surface area contributed by atoms with Gasteiger partial charge in [0.25, 0.3) is 0 Å². The van der Waals surface area contributed by atoms with E-state index in [2.05, 4.69) is 11.9 Å². The second kappa shape index (κ2) is 5.43. The van der Waals surface area contributed by atoms with Crippen LogP contribution < -0.4 is 5.32 Å². The van der Waals surface area contributed by atoms with Crippen LogP contribution in [0.25, 0.3) is 0 Å². The number of carbonyl (C=O) groups is 1. The minimum Gasteiger partial charge on any atom is -0.478 e. The minimum absolute atomic E-state index is 0.188. The lowest BCUT2D eigenvalue weighted by molar-refractivity contribution is 0.0696. The van der Waals surface area contributed by atoms with Gasteiger partial charge in [-0.05, 0) is 25.5 Å². The standard InChI is InChI=1S/C12H13F2NO2/c1-3-4-7(2)15-11-9(13)5-8(12(16)17)6-10(11)14/h3,5-7,15H,1,4H2,2H3,(H,16,17). The van der Waals surface area contributed by atoms with Crippen LogP contribution in [-0.2, 0) is 0 Å². The minimum atomic E-state index is -1.37. The quantitative estimate of drug-likeness (QED) is 0.779. The number of carboxylic acid groups (broad SMARTS) is 1. The summed E-state index contributed by atoms with van der Waals surface area (Å²) in [5, 5.41) is 11.3. The molecule has 1 unspecified atom stereocenters. The summed E-state index contributed by atoms with van der Waals surface area (Å²) in [5.41, 5.74) is -0.730. The smallest absolute Gasteiger partial charge is 0.335 e.